The molecule has 3 aromatic carbocycles. The molecule has 0 amide bonds. The smallest absolute Gasteiger partial charge is 0.255 e. The Morgan fingerprint density at radius 2 is 1.50 bits per heavy atom. The Kier molecular flexibility index (Phi) is 4.59. The maximum Gasteiger partial charge on any atom is 0.418 e. The molecule has 0 atom stereocenters. The van der Waals surface area contributed by atoms with E-state index in [1.807, 2.05) is 30.3 Å². The largest absolute Gasteiger partial charge is 0.418 e. The number of hydrogen-bond donors (Lipinski definition) is 0. The van der Waals surface area contributed by atoms with Gasteiger partial charge in [-0.2, -0.15) is 13.2 Å². The molecule has 0 spiro atoms. The molecule has 0 saturated heterocycles. The number of hydrogen-bond acceptors (Lipinski definition) is 1. The van der Waals surface area contributed by atoms with Gasteiger partial charge in [-0.3, -0.25) is 4.98 Å². The minimum atomic E-state index is -4.49. The molecule has 1 heterocycles. The molecule has 140 valence electrons. The van der Waals surface area contributed by atoms with Crippen LogP contribution in [0.1, 0.15) is 16.7 Å². The fourth-order valence-electron chi connectivity index (χ4n) is 3.39. The zero-order valence-corrected chi connectivity index (χ0v) is 14.7. The first-order valence-electron chi connectivity index (χ1n) is 8.71. The van der Waals surface area contributed by atoms with Crippen molar-refractivity contribution in [2.45, 2.75) is 12.6 Å². The van der Waals surface area contributed by atoms with Gasteiger partial charge in [-0.1, -0.05) is 54.6 Å². The Bertz CT molecular complexity index is 1120. The fraction of sp³-hybridized carbons (Fsp3) is 0.0870. The standard InChI is InChI=1S/C23H15F4N/c24-18-11-9-15(10-12-18)13-17-14-28-22-19(7-4-8-20(22)23(25,26)27)21(17)16-5-2-1-3-6-16/h1-12,14H,13H2. The van der Waals surface area contributed by atoms with Crippen LogP contribution in [0.25, 0.3) is 22.0 Å². The minimum absolute atomic E-state index is 0.0725. The van der Waals surface area contributed by atoms with Gasteiger partial charge >= 0.3 is 6.18 Å². The van der Waals surface area contributed by atoms with E-state index in [2.05, 4.69) is 4.98 Å². The summed E-state index contributed by atoms with van der Waals surface area (Å²) in [7, 11) is 0. The van der Waals surface area contributed by atoms with Gasteiger partial charge in [0.05, 0.1) is 11.1 Å². The highest BCUT2D eigenvalue weighted by molar-refractivity contribution is 5.97. The van der Waals surface area contributed by atoms with Gasteiger partial charge in [0.15, 0.2) is 0 Å². The SMILES string of the molecule is Fc1ccc(Cc2cnc3c(C(F)(F)F)cccc3c2-c2ccccc2)cc1. The molecule has 4 aromatic rings. The van der Waals surface area contributed by atoms with Crippen LogP contribution in [-0.2, 0) is 12.6 Å². The first-order valence-corrected chi connectivity index (χ1v) is 8.71. The molecule has 0 fully saturated rings. The monoisotopic (exact) mass is 381 g/mol. The number of alkyl halides is 3. The summed E-state index contributed by atoms with van der Waals surface area (Å²) in [5.41, 5.74) is 2.33. The highest BCUT2D eigenvalue weighted by Gasteiger charge is 2.33. The van der Waals surface area contributed by atoms with E-state index in [9.17, 15) is 17.6 Å². The number of fused-ring (bicyclic) bond motifs is 1. The number of benzene rings is 3. The van der Waals surface area contributed by atoms with Crippen LogP contribution in [0.4, 0.5) is 17.6 Å². The van der Waals surface area contributed by atoms with Crippen molar-refractivity contribution >= 4 is 10.9 Å². The fourth-order valence-corrected chi connectivity index (χ4v) is 3.39. The van der Waals surface area contributed by atoms with Crippen LogP contribution in [0, 0.1) is 5.82 Å². The summed E-state index contributed by atoms with van der Waals surface area (Å²) in [5, 5.41) is 0.445. The lowest BCUT2D eigenvalue weighted by atomic mass is 9.92. The van der Waals surface area contributed by atoms with E-state index in [1.54, 1.807) is 18.2 Å². The van der Waals surface area contributed by atoms with Gasteiger partial charge in [-0.15, -0.1) is 0 Å². The second-order valence-corrected chi connectivity index (χ2v) is 6.53. The van der Waals surface area contributed by atoms with Crippen molar-refractivity contribution in [1.29, 1.82) is 0 Å². The molecule has 0 aliphatic carbocycles. The van der Waals surface area contributed by atoms with E-state index in [1.165, 1.54) is 24.4 Å². The highest BCUT2D eigenvalue weighted by atomic mass is 19.4. The average Bonchev–Trinajstić information content (AvgIpc) is 2.69. The Hall–Kier alpha value is -3.21. The Morgan fingerprint density at radius 3 is 2.18 bits per heavy atom. The quantitative estimate of drug-likeness (QED) is 0.362. The average molecular weight is 381 g/mol. The third-order valence-corrected chi connectivity index (χ3v) is 4.65. The summed E-state index contributed by atoms with van der Waals surface area (Å²) in [4.78, 5) is 4.15. The molecule has 5 heteroatoms. The molecule has 0 aliphatic rings. The summed E-state index contributed by atoms with van der Waals surface area (Å²) >= 11 is 0. The van der Waals surface area contributed by atoms with E-state index in [0.717, 1.165) is 22.8 Å². The van der Waals surface area contributed by atoms with Gasteiger partial charge in [0.25, 0.3) is 0 Å². The predicted molar refractivity (Wildman–Crippen MR) is 101 cm³/mol. The number of aromatic nitrogens is 1. The molecule has 0 radical (unpaired) electrons. The van der Waals surface area contributed by atoms with Crippen molar-refractivity contribution < 1.29 is 17.6 Å². The van der Waals surface area contributed by atoms with E-state index >= 15 is 0 Å². The number of para-hydroxylation sites is 1. The van der Waals surface area contributed by atoms with Crippen LogP contribution in [0.3, 0.4) is 0 Å². The second-order valence-electron chi connectivity index (χ2n) is 6.53. The molecular weight excluding hydrogens is 366 g/mol. The Morgan fingerprint density at radius 1 is 0.786 bits per heavy atom. The van der Waals surface area contributed by atoms with Crippen molar-refractivity contribution in [3.8, 4) is 11.1 Å². The predicted octanol–water partition coefficient (Wildman–Crippen LogP) is 6.65. The lowest BCUT2D eigenvalue weighted by Crippen LogP contribution is -2.07. The maximum atomic E-state index is 13.5. The third kappa shape index (κ3) is 3.48. The van der Waals surface area contributed by atoms with Gasteiger partial charge in [-0.25, -0.2) is 4.39 Å². The second kappa shape index (κ2) is 7.08. The number of pyridine rings is 1. The summed E-state index contributed by atoms with van der Waals surface area (Å²) < 4.78 is 53.6. The van der Waals surface area contributed by atoms with Crippen molar-refractivity contribution in [2.75, 3.05) is 0 Å². The van der Waals surface area contributed by atoms with E-state index < -0.39 is 11.7 Å². The van der Waals surface area contributed by atoms with Crippen LogP contribution in [0.2, 0.25) is 0 Å². The van der Waals surface area contributed by atoms with Crippen molar-refractivity contribution in [1.82, 2.24) is 4.98 Å². The summed E-state index contributed by atoms with van der Waals surface area (Å²) in [6.07, 6.45) is -2.56. The molecule has 0 N–H and O–H groups in total. The lowest BCUT2D eigenvalue weighted by molar-refractivity contribution is -0.136. The molecule has 0 bridgehead atoms. The molecule has 0 saturated carbocycles. The summed E-state index contributed by atoms with van der Waals surface area (Å²) in [5.74, 6) is -0.335. The van der Waals surface area contributed by atoms with Gasteiger partial charge < -0.3 is 0 Å². The van der Waals surface area contributed by atoms with Crippen LogP contribution in [0.5, 0.6) is 0 Å². The maximum absolute atomic E-state index is 13.5. The molecule has 0 unspecified atom stereocenters. The zero-order valence-electron chi connectivity index (χ0n) is 14.7. The minimum Gasteiger partial charge on any atom is -0.255 e. The normalized spacial score (nSPS) is 11.7. The Balaban J connectivity index is 1.96. The van der Waals surface area contributed by atoms with Gasteiger partial charge in [0.1, 0.15) is 5.82 Å². The molecular formula is C23H15F4N. The molecule has 0 aliphatic heterocycles. The van der Waals surface area contributed by atoms with E-state index in [-0.39, 0.29) is 11.3 Å². The first-order chi connectivity index (χ1) is 13.4. The molecule has 1 nitrogen and oxygen atoms in total. The topological polar surface area (TPSA) is 12.9 Å². The lowest BCUT2D eigenvalue weighted by Gasteiger charge is -2.16. The van der Waals surface area contributed by atoms with E-state index in [4.69, 9.17) is 0 Å². The third-order valence-electron chi connectivity index (χ3n) is 4.65. The van der Waals surface area contributed by atoms with Crippen LogP contribution >= 0.6 is 0 Å². The van der Waals surface area contributed by atoms with Crippen molar-refractivity contribution in [3.05, 3.63) is 102 Å². The van der Waals surface area contributed by atoms with Crippen LogP contribution in [0.15, 0.2) is 79.0 Å². The summed E-state index contributed by atoms with van der Waals surface area (Å²) in [6, 6.07) is 19.5. The number of rotatable bonds is 3. The molecule has 1 aromatic heterocycles. The van der Waals surface area contributed by atoms with Crippen molar-refractivity contribution in [3.63, 3.8) is 0 Å². The Labute approximate surface area is 159 Å². The van der Waals surface area contributed by atoms with Crippen LogP contribution < -0.4 is 0 Å². The molecule has 4 rings (SSSR count). The van der Waals surface area contributed by atoms with Crippen molar-refractivity contribution in [2.24, 2.45) is 0 Å². The number of halogens is 4. The van der Waals surface area contributed by atoms with Gasteiger partial charge in [0.2, 0.25) is 0 Å². The van der Waals surface area contributed by atoms with E-state index in [0.29, 0.717) is 17.4 Å². The molecule has 28 heavy (non-hydrogen) atoms. The number of nitrogens with zero attached hydrogens (tertiary/aromatic N) is 1. The highest BCUT2D eigenvalue weighted by Crippen LogP contribution is 2.38. The summed E-state index contributed by atoms with van der Waals surface area (Å²) in [6.45, 7) is 0. The van der Waals surface area contributed by atoms with Crippen LogP contribution in [-0.4, -0.2) is 4.98 Å². The first kappa shape index (κ1) is 18.2. The zero-order chi connectivity index (χ0) is 19.7. The van der Waals surface area contributed by atoms with Gasteiger partial charge in [0, 0.05) is 11.6 Å². The van der Waals surface area contributed by atoms with Gasteiger partial charge in [-0.05, 0) is 46.9 Å².